The SMILES string of the molecule is O=C(NCc1cccc(NC(=O)N2CCCC2)c1)c1ccc2c(c1)CCC2. The molecule has 0 bridgehead atoms. The Labute approximate surface area is 159 Å². The molecule has 1 aliphatic carbocycles. The lowest BCUT2D eigenvalue weighted by molar-refractivity contribution is 0.0950. The van der Waals surface area contributed by atoms with Crippen LogP contribution in [-0.4, -0.2) is 29.9 Å². The number of carbonyl (C=O) groups is 2. The number of nitrogens with zero attached hydrogens (tertiary/aromatic N) is 1. The molecule has 0 atom stereocenters. The smallest absolute Gasteiger partial charge is 0.321 e. The van der Waals surface area contributed by atoms with Gasteiger partial charge >= 0.3 is 6.03 Å². The van der Waals surface area contributed by atoms with Crippen molar-refractivity contribution in [3.05, 3.63) is 64.7 Å². The number of hydrogen-bond donors (Lipinski definition) is 2. The van der Waals surface area contributed by atoms with E-state index in [1.54, 1.807) is 0 Å². The summed E-state index contributed by atoms with van der Waals surface area (Å²) in [5, 5.41) is 5.93. The molecule has 3 amide bonds. The lowest BCUT2D eigenvalue weighted by atomic mass is 10.1. The molecule has 1 saturated heterocycles. The number of aryl methyl sites for hydroxylation is 2. The average Bonchev–Trinajstić information content (AvgIpc) is 3.37. The van der Waals surface area contributed by atoms with Crippen molar-refractivity contribution >= 4 is 17.6 Å². The van der Waals surface area contributed by atoms with Crippen molar-refractivity contribution < 1.29 is 9.59 Å². The zero-order valence-corrected chi connectivity index (χ0v) is 15.5. The fourth-order valence-electron chi connectivity index (χ4n) is 3.88. The Morgan fingerprint density at radius 3 is 2.59 bits per heavy atom. The Kier molecular flexibility index (Phi) is 5.10. The number of benzene rings is 2. The lowest BCUT2D eigenvalue weighted by Gasteiger charge is -2.16. The van der Waals surface area contributed by atoms with Gasteiger partial charge in [-0.25, -0.2) is 4.79 Å². The van der Waals surface area contributed by atoms with Gasteiger partial charge in [-0.2, -0.15) is 0 Å². The number of likely N-dealkylation sites (tertiary alicyclic amines) is 1. The van der Waals surface area contributed by atoms with Gasteiger partial charge in [0.25, 0.3) is 5.91 Å². The number of anilines is 1. The number of carbonyl (C=O) groups excluding carboxylic acids is 2. The Morgan fingerprint density at radius 1 is 0.926 bits per heavy atom. The average molecular weight is 363 g/mol. The van der Waals surface area contributed by atoms with Crippen LogP contribution in [-0.2, 0) is 19.4 Å². The van der Waals surface area contributed by atoms with Crippen LogP contribution in [0, 0.1) is 0 Å². The summed E-state index contributed by atoms with van der Waals surface area (Å²) in [4.78, 5) is 26.5. The van der Waals surface area contributed by atoms with Crippen LogP contribution in [0.15, 0.2) is 42.5 Å². The van der Waals surface area contributed by atoms with Gasteiger partial charge in [0.2, 0.25) is 0 Å². The van der Waals surface area contributed by atoms with E-state index in [2.05, 4.69) is 16.7 Å². The Balaban J connectivity index is 1.35. The lowest BCUT2D eigenvalue weighted by Crippen LogP contribution is -2.32. The number of hydrogen-bond acceptors (Lipinski definition) is 2. The molecule has 0 radical (unpaired) electrons. The molecule has 1 aliphatic heterocycles. The van der Waals surface area contributed by atoms with Gasteiger partial charge in [-0.05, 0) is 73.1 Å². The first-order chi connectivity index (χ1) is 13.2. The molecule has 0 unspecified atom stereocenters. The Hall–Kier alpha value is -2.82. The number of urea groups is 1. The zero-order chi connectivity index (χ0) is 18.6. The standard InChI is InChI=1S/C22H25N3O2/c26-21(19-10-9-17-6-4-7-18(17)14-19)23-15-16-5-3-8-20(13-16)24-22(27)25-11-1-2-12-25/h3,5,8-10,13-14H,1-2,4,6-7,11-12,15H2,(H,23,26)(H,24,27). The quantitative estimate of drug-likeness (QED) is 0.869. The summed E-state index contributed by atoms with van der Waals surface area (Å²) in [6.45, 7) is 2.08. The van der Waals surface area contributed by atoms with E-state index in [4.69, 9.17) is 0 Å². The van der Waals surface area contributed by atoms with Crippen LogP contribution in [0.4, 0.5) is 10.5 Å². The monoisotopic (exact) mass is 363 g/mol. The molecule has 5 heteroatoms. The van der Waals surface area contributed by atoms with Gasteiger partial charge in [-0.1, -0.05) is 18.2 Å². The van der Waals surface area contributed by atoms with Gasteiger partial charge in [-0.15, -0.1) is 0 Å². The first kappa shape index (κ1) is 17.6. The van der Waals surface area contributed by atoms with Crippen molar-refractivity contribution in [1.29, 1.82) is 0 Å². The van der Waals surface area contributed by atoms with E-state index in [0.29, 0.717) is 12.1 Å². The van der Waals surface area contributed by atoms with Gasteiger partial charge < -0.3 is 15.5 Å². The van der Waals surface area contributed by atoms with Crippen LogP contribution in [0.25, 0.3) is 0 Å². The highest BCUT2D eigenvalue weighted by atomic mass is 16.2. The van der Waals surface area contributed by atoms with Crippen LogP contribution >= 0.6 is 0 Å². The molecule has 0 spiro atoms. The van der Waals surface area contributed by atoms with E-state index in [9.17, 15) is 9.59 Å². The molecular weight excluding hydrogens is 338 g/mol. The van der Waals surface area contributed by atoms with Crippen LogP contribution in [0.1, 0.15) is 46.3 Å². The molecule has 2 aromatic rings. The predicted molar refractivity (Wildman–Crippen MR) is 106 cm³/mol. The summed E-state index contributed by atoms with van der Waals surface area (Å²) in [7, 11) is 0. The van der Waals surface area contributed by atoms with Crippen LogP contribution in [0.2, 0.25) is 0 Å². The van der Waals surface area contributed by atoms with Crippen molar-refractivity contribution in [3.8, 4) is 0 Å². The molecule has 2 aromatic carbocycles. The van der Waals surface area contributed by atoms with Crippen LogP contribution in [0.3, 0.4) is 0 Å². The highest BCUT2D eigenvalue weighted by Gasteiger charge is 2.18. The van der Waals surface area contributed by atoms with Crippen molar-refractivity contribution in [3.63, 3.8) is 0 Å². The fraction of sp³-hybridized carbons (Fsp3) is 0.364. The topological polar surface area (TPSA) is 61.4 Å². The maximum absolute atomic E-state index is 12.5. The fourth-order valence-corrected chi connectivity index (χ4v) is 3.88. The normalized spacial score (nSPS) is 15.5. The number of nitrogens with one attached hydrogen (secondary N) is 2. The van der Waals surface area contributed by atoms with Crippen molar-refractivity contribution in [2.75, 3.05) is 18.4 Å². The van der Waals surface area contributed by atoms with Gasteiger partial charge in [0.1, 0.15) is 0 Å². The second-order valence-corrected chi connectivity index (χ2v) is 7.34. The minimum absolute atomic E-state index is 0.0492. The summed E-state index contributed by atoms with van der Waals surface area (Å²) >= 11 is 0. The molecular formula is C22H25N3O2. The largest absolute Gasteiger partial charge is 0.348 e. The molecule has 2 aliphatic rings. The van der Waals surface area contributed by atoms with Crippen LogP contribution in [0.5, 0.6) is 0 Å². The summed E-state index contributed by atoms with van der Waals surface area (Å²) in [5.74, 6) is -0.0591. The summed E-state index contributed by atoms with van der Waals surface area (Å²) in [6.07, 6.45) is 5.50. The number of rotatable bonds is 4. The molecule has 5 nitrogen and oxygen atoms in total. The minimum Gasteiger partial charge on any atom is -0.348 e. The summed E-state index contributed by atoms with van der Waals surface area (Å²) in [6, 6.07) is 13.6. The van der Waals surface area contributed by atoms with Gasteiger partial charge in [-0.3, -0.25) is 4.79 Å². The highest BCUT2D eigenvalue weighted by Crippen LogP contribution is 2.23. The molecule has 2 N–H and O–H groups in total. The van der Waals surface area contributed by atoms with E-state index in [-0.39, 0.29) is 11.9 Å². The molecule has 0 aromatic heterocycles. The van der Waals surface area contributed by atoms with E-state index in [1.165, 1.54) is 17.5 Å². The number of amides is 3. The first-order valence-electron chi connectivity index (χ1n) is 9.74. The third-order valence-corrected chi connectivity index (χ3v) is 5.39. The van der Waals surface area contributed by atoms with E-state index in [1.807, 2.05) is 41.3 Å². The van der Waals surface area contributed by atoms with E-state index >= 15 is 0 Å². The molecule has 1 heterocycles. The van der Waals surface area contributed by atoms with Gasteiger partial charge in [0.05, 0.1) is 0 Å². The molecule has 1 fully saturated rings. The first-order valence-corrected chi connectivity index (χ1v) is 9.74. The second-order valence-electron chi connectivity index (χ2n) is 7.34. The third-order valence-electron chi connectivity index (χ3n) is 5.39. The Morgan fingerprint density at radius 2 is 1.74 bits per heavy atom. The van der Waals surface area contributed by atoms with E-state index < -0.39 is 0 Å². The van der Waals surface area contributed by atoms with Crippen molar-refractivity contribution in [2.24, 2.45) is 0 Å². The number of fused-ring (bicyclic) bond motifs is 1. The predicted octanol–water partition coefficient (Wildman–Crippen LogP) is 3.73. The maximum atomic E-state index is 12.5. The van der Waals surface area contributed by atoms with Gasteiger partial charge in [0, 0.05) is 30.9 Å². The second kappa shape index (κ2) is 7.82. The molecule has 0 saturated carbocycles. The van der Waals surface area contributed by atoms with E-state index in [0.717, 1.165) is 50.0 Å². The highest BCUT2D eigenvalue weighted by molar-refractivity contribution is 5.94. The summed E-state index contributed by atoms with van der Waals surface area (Å²) < 4.78 is 0. The van der Waals surface area contributed by atoms with Crippen LogP contribution < -0.4 is 10.6 Å². The maximum Gasteiger partial charge on any atom is 0.321 e. The zero-order valence-electron chi connectivity index (χ0n) is 15.5. The summed E-state index contributed by atoms with van der Waals surface area (Å²) in [5.41, 5.74) is 5.11. The Bertz CT molecular complexity index is 856. The van der Waals surface area contributed by atoms with Crippen molar-refractivity contribution in [2.45, 2.75) is 38.6 Å². The molecule has 27 heavy (non-hydrogen) atoms. The third kappa shape index (κ3) is 4.13. The minimum atomic E-state index is -0.0591. The molecule has 4 rings (SSSR count). The van der Waals surface area contributed by atoms with Gasteiger partial charge in [0.15, 0.2) is 0 Å². The molecule has 140 valence electrons. The van der Waals surface area contributed by atoms with Crippen molar-refractivity contribution in [1.82, 2.24) is 10.2 Å².